The first kappa shape index (κ1) is 20.2. The Morgan fingerprint density at radius 2 is 1.79 bits per heavy atom. The number of benzene rings is 2. The third-order valence-corrected chi connectivity index (χ3v) is 4.29. The molecule has 0 radical (unpaired) electrons. The van der Waals surface area contributed by atoms with Crippen LogP contribution in [0.1, 0.15) is 37.0 Å². The monoisotopic (exact) mass is 397 g/mol. The molecule has 2 aromatic carbocycles. The van der Waals surface area contributed by atoms with Gasteiger partial charge < -0.3 is 24.8 Å². The number of hydrogen-bond acceptors (Lipinski definition) is 5. The molecule has 152 valence electrons. The number of H-pyrrole nitrogens is 2. The molecule has 0 spiro atoms. The van der Waals surface area contributed by atoms with Crippen LogP contribution in [0.25, 0.3) is 11.0 Å². The summed E-state index contributed by atoms with van der Waals surface area (Å²) in [7, 11) is 0. The maximum absolute atomic E-state index is 12.3. The van der Waals surface area contributed by atoms with Crippen molar-refractivity contribution in [3.8, 4) is 5.75 Å². The van der Waals surface area contributed by atoms with Crippen LogP contribution in [-0.2, 0) is 9.53 Å². The Morgan fingerprint density at radius 3 is 2.52 bits per heavy atom. The molecule has 29 heavy (non-hydrogen) atoms. The van der Waals surface area contributed by atoms with Crippen LogP contribution in [0, 0.1) is 0 Å². The number of rotatable bonds is 8. The average Bonchev–Trinajstić information content (AvgIpc) is 3.08. The lowest BCUT2D eigenvalue weighted by atomic mass is 10.2. The molecule has 3 rings (SSSR count). The van der Waals surface area contributed by atoms with Crippen molar-refractivity contribution in [1.29, 1.82) is 0 Å². The standard InChI is InChI=1S/C21H23N3O5/c1-3-4-11-28-16-8-5-14(6-9-16)20(26)29-13(2)19(25)22-15-7-10-17-18(12-15)24-21(27)23-17/h5-10,12-13H,3-4,11H2,1-2H3,(H,22,25)(H2,23,24,27)/t13-/m1/s1. The van der Waals surface area contributed by atoms with Crippen LogP contribution in [0.4, 0.5) is 5.69 Å². The zero-order chi connectivity index (χ0) is 20.8. The number of unbranched alkanes of at least 4 members (excludes halogenated alkanes) is 1. The highest BCUT2D eigenvalue weighted by Gasteiger charge is 2.19. The number of anilines is 1. The van der Waals surface area contributed by atoms with Crippen LogP contribution >= 0.6 is 0 Å². The number of esters is 1. The summed E-state index contributed by atoms with van der Waals surface area (Å²) in [5.74, 6) is -0.396. The van der Waals surface area contributed by atoms with Gasteiger partial charge in [0.1, 0.15) is 5.75 Å². The van der Waals surface area contributed by atoms with Gasteiger partial charge >= 0.3 is 11.7 Å². The first-order chi connectivity index (χ1) is 14.0. The summed E-state index contributed by atoms with van der Waals surface area (Å²) < 4.78 is 10.8. The van der Waals surface area contributed by atoms with Crippen LogP contribution in [0.5, 0.6) is 5.75 Å². The number of carbonyl (C=O) groups excluding carboxylic acids is 2. The molecule has 3 aromatic rings. The lowest BCUT2D eigenvalue weighted by Crippen LogP contribution is -2.30. The Labute approximate surface area is 167 Å². The van der Waals surface area contributed by atoms with E-state index in [-0.39, 0.29) is 5.69 Å². The molecule has 3 N–H and O–H groups in total. The maximum Gasteiger partial charge on any atom is 0.338 e. The van der Waals surface area contributed by atoms with E-state index in [9.17, 15) is 14.4 Å². The van der Waals surface area contributed by atoms with Crippen molar-refractivity contribution in [2.75, 3.05) is 11.9 Å². The summed E-state index contributed by atoms with van der Waals surface area (Å²) in [6, 6.07) is 11.5. The fourth-order valence-electron chi connectivity index (χ4n) is 2.66. The number of nitrogens with one attached hydrogen (secondary N) is 3. The molecule has 1 amide bonds. The zero-order valence-electron chi connectivity index (χ0n) is 16.3. The number of ether oxygens (including phenoxy) is 2. The molecule has 0 unspecified atom stereocenters. The van der Waals surface area contributed by atoms with Crippen LogP contribution in [-0.4, -0.2) is 34.6 Å². The second-order valence-electron chi connectivity index (χ2n) is 6.60. The molecule has 0 aliphatic rings. The van der Waals surface area contributed by atoms with Crippen molar-refractivity contribution in [3.05, 3.63) is 58.5 Å². The Kier molecular flexibility index (Phi) is 6.33. The second-order valence-corrected chi connectivity index (χ2v) is 6.60. The highest BCUT2D eigenvalue weighted by Crippen LogP contribution is 2.16. The smallest absolute Gasteiger partial charge is 0.338 e. The summed E-state index contributed by atoms with van der Waals surface area (Å²) in [5.41, 5.74) is 1.69. The predicted molar refractivity (Wildman–Crippen MR) is 109 cm³/mol. The molecule has 0 aliphatic heterocycles. The lowest BCUT2D eigenvalue weighted by molar-refractivity contribution is -0.123. The van der Waals surface area contributed by atoms with Gasteiger partial charge in [-0.2, -0.15) is 0 Å². The average molecular weight is 397 g/mol. The highest BCUT2D eigenvalue weighted by atomic mass is 16.5. The SMILES string of the molecule is CCCCOc1ccc(C(=O)O[C@H](C)C(=O)Nc2ccc3[nH]c(=O)[nH]c3c2)cc1. The molecule has 0 fully saturated rings. The number of amides is 1. The summed E-state index contributed by atoms with van der Waals surface area (Å²) >= 11 is 0. The number of carbonyl (C=O) groups is 2. The quantitative estimate of drug-likeness (QED) is 0.399. The Balaban J connectivity index is 1.56. The van der Waals surface area contributed by atoms with Crippen molar-refractivity contribution in [1.82, 2.24) is 9.97 Å². The van der Waals surface area contributed by atoms with E-state index in [1.165, 1.54) is 6.92 Å². The van der Waals surface area contributed by atoms with Gasteiger partial charge in [-0.25, -0.2) is 9.59 Å². The van der Waals surface area contributed by atoms with E-state index in [0.717, 1.165) is 12.8 Å². The minimum atomic E-state index is -0.996. The molecule has 0 saturated carbocycles. The molecule has 0 aliphatic carbocycles. The van der Waals surface area contributed by atoms with E-state index < -0.39 is 18.0 Å². The van der Waals surface area contributed by atoms with Crippen molar-refractivity contribution in [3.63, 3.8) is 0 Å². The molecular weight excluding hydrogens is 374 g/mol. The van der Waals surface area contributed by atoms with Crippen molar-refractivity contribution in [2.45, 2.75) is 32.8 Å². The van der Waals surface area contributed by atoms with Gasteiger partial charge in [0, 0.05) is 5.69 Å². The first-order valence-corrected chi connectivity index (χ1v) is 9.43. The van der Waals surface area contributed by atoms with E-state index in [2.05, 4.69) is 22.2 Å². The number of fused-ring (bicyclic) bond motifs is 1. The van der Waals surface area contributed by atoms with Gasteiger partial charge in [0.15, 0.2) is 6.10 Å². The molecule has 1 atom stereocenters. The molecule has 8 heteroatoms. The summed E-state index contributed by atoms with van der Waals surface area (Å²) in [4.78, 5) is 41.2. The van der Waals surface area contributed by atoms with Gasteiger partial charge in [0.05, 0.1) is 23.2 Å². The summed E-state index contributed by atoms with van der Waals surface area (Å²) in [6.45, 7) is 4.20. The molecular formula is C21H23N3O5. The Bertz CT molecular complexity index is 1050. The van der Waals surface area contributed by atoms with Gasteiger partial charge in [-0.05, 0) is 55.8 Å². The van der Waals surface area contributed by atoms with E-state index in [0.29, 0.717) is 34.6 Å². The third-order valence-electron chi connectivity index (χ3n) is 4.29. The molecule has 8 nitrogen and oxygen atoms in total. The van der Waals surface area contributed by atoms with Crippen LogP contribution in [0.3, 0.4) is 0 Å². The van der Waals surface area contributed by atoms with Gasteiger partial charge in [0.2, 0.25) is 0 Å². The van der Waals surface area contributed by atoms with Gasteiger partial charge in [-0.15, -0.1) is 0 Å². The highest BCUT2D eigenvalue weighted by molar-refractivity contribution is 5.98. The number of aromatic amines is 2. The molecule has 1 heterocycles. The van der Waals surface area contributed by atoms with Crippen LogP contribution in [0.15, 0.2) is 47.3 Å². The normalized spacial score (nSPS) is 11.8. The number of aromatic nitrogens is 2. The van der Waals surface area contributed by atoms with Crippen molar-refractivity contribution in [2.24, 2.45) is 0 Å². The first-order valence-electron chi connectivity index (χ1n) is 9.43. The van der Waals surface area contributed by atoms with E-state index in [1.807, 2.05) is 0 Å². The van der Waals surface area contributed by atoms with E-state index in [4.69, 9.17) is 9.47 Å². The van der Waals surface area contributed by atoms with E-state index >= 15 is 0 Å². The molecule has 0 bridgehead atoms. The van der Waals surface area contributed by atoms with Crippen molar-refractivity contribution < 1.29 is 19.1 Å². The maximum atomic E-state index is 12.3. The van der Waals surface area contributed by atoms with Crippen LogP contribution < -0.4 is 15.7 Å². The fourth-order valence-corrected chi connectivity index (χ4v) is 2.66. The summed E-state index contributed by atoms with van der Waals surface area (Å²) in [5, 5.41) is 2.67. The number of hydrogen-bond donors (Lipinski definition) is 3. The lowest BCUT2D eigenvalue weighted by Gasteiger charge is -2.14. The van der Waals surface area contributed by atoms with Gasteiger partial charge in [-0.3, -0.25) is 4.79 Å². The Morgan fingerprint density at radius 1 is 1.07 bits per heavy atom. The minimum absolute atomic E-state index is 0.326. The zero-order valence-corrected chi connectivity index (χ0v) is 16.3. The molecule has 0 saturated heterocycles. The second kappa shape index (κ2) is 9.09. The fraction of sp³-hybridized carbons (Fsp3) is 0.286. The van der Waals surface area contributed by atoms with Gasteiger partial charge in [0.25, 0.3) is 5.91 Å². The van der Waals surface area contributed by atoms with Gasteiger partial charge in [-0.1, -0.05) is 13.3 Å². The third kappa shape index (κ3) is 5.25. The topological polar surface area (TPSA) is 113 Å². The predicted octanol–water partition coefficient (Wildman–Crippen LogP) is 3.22. The summed E-state index contributed by atoms with van der Waals surface area (Å²) in [6.07, 6.45) is 1.01. The van der Waals surface area contributed by atoms with Crippen LogP contribution in [0.2, 0.25) is 0 Å². The Hall–Kier alpha value is -3.55. The van der Waals surface area contributed by atoms with E-state index in [1.54, 1.807) is 42.5 Å². The number of imidazole rings is 1. The largest absolute Gasteiger partial charge is 0.494 e. The van der Waals surface area contributed by atoms with Crippen molar-refractivity contribution >= 4 is 28.6 Å². The molecule has 1 aromatic heterocycles. The minimum Gasteiger partial charge on any atom is -0.494 e.